The molecule has 9 nitrogen and oxygen atoms in total. The van der Waals surface area contributed by atoms with Crippen molar-refractivity contribution in [1.82, 2.24) is 30.8 Å². The largest absolute Gasteiger partial charge is 0.573 e. The number of nitrogens with zero attached hydrogens (tertiary/aromatic N) is 4. The van der Waals surface area contributed by atoms with Gasteiger partial charge in [0.1, 0.15) is 5.75 Å². The Morgan fingerprint density at radius 1 is 1.19 bits per heavy atom. The van der Waals surface area contributed by atoms with E-state index in [9.17, 15) is 22.8 Å². The van der Waals surface area contributed by atoms with E-state index in [1.54, 1.807) is 6.92 Å². The number of aromatic nitrogens is 4. The van der Waals surface area contributed by atoms with E-state index in [1.165, 1.54) is 16.8 Å². The first kappa shape index (κ1) is 22.8. The summed E-state index contributed by atoms with van der Waals surface area (Å²) < 4.78 is 42.0. The maximum absolute atomic E-state index is 12.4. The van der Waals surface area contributed by atoms with Gasteiger partial charge in [-0.15, -0.1) is 18.3 Å². The van der Waals surface area contributed by atoms with Crippen LogP contribution in [-0.4, -0.2) is 49.8 Å². The molecule has 0 radical (unpaired) electrons. The number of halogens is 3. The van der Waals surface area contributed by atoms with Crippen LogP contribution in [0.25, 0.3) is 5.69 Å². The number of carbonyl (C=O) groups excluding carboxylic acids is 2. The van der Waals surface area contributed by atoms with Gasteiger partial charge in [-0.05, 0) is 54.5 Å². The van der Waals surface area contributed by atoms with Crippen molar-refractivity contribution >= 4 is 23.7 Å². The molecule has 2 N–H and O–H groups in total. The molecule has 168 valence electrons. The van der Waals surface area contributed by atoms with Crippen LogP contribution in [0.3, 0.4) is 0 Å². The van der Waals surface area contributed by atoms with E-state index in [4.69, 9.17) is 0 Å². The third-order valence-electron chi connectivity index (χ3n) is 4.58. The van der Waals surface area contributed by atoms with Gasteiger partial charge in [0.2, 0.25) is 11.1 Å². The monoisotopic (exact) mass is 458 g/mol. The van der Waals surface area contributed by atoms with Crippen molar-refractivity contribution < 1.29 is 27.5 Å². The van der Waals surface area contributed by atoms with E-state index in [-0.39, 0.29) is 16.9 Å². The zero-order valence-corrected chi connectivity index (χ0v) is 17.4. The molecule has 13 heteroatoms. The van der Waals surface area contributed by atoms with Gasteiger partial charge in [0, 0.05) is 6.04 Å². The fourth-order valence-corrected chi connectivity index (χ4v) is 3.90. The molecule has 3 amide bonds. The topological polar surface area (TPSA) is 111 Å². The van der Waals surface area contributed by atoms with E-state index in [1.807, 2.05) is 0 Å². The minimum Gasteiger partial charge on any atom is -0.406 e. The molecule has 1 aliphatic rings. The second kappa shape index (κ2) is 9.98. The van der Waals surface area contributed by atoms with Crippen LogP contribution in [0.5, 0.6) is 5.75 Å². The summed E-state index contributed by atoms with van der Waals surface area (Å²) in [5, 5.41) is 15.9. The summed E-state index contributed by atoms with van der Waals surface area (Å²) in [4.78, 5) is 24.4. The van der Waals surface area contributed by atoms with Crippen molar-refractivity contribution in [2.45, 2.75) is 61.8 Å². The minimum atomic E-state index is -4.79. The van der Waals surface area contributed by atoms with Gasteiger partial charge in [-0.1, -0.05) is 31.0 Å². The number of rotatable bonds is 6. The normalized spacial score (nSPS) is 15.9. The molecule has 0 unspecified atom stereocenters. The molecule has 1 aromatic heterocycles. The number of hydrogen-bond donors (Lipinski definition) is 2. The second-order valence-corrected chi connectivity index (χ2v) is 8.28. The van der Waals surface area contributed by atoms with E-state index in [0.717, 1.165) is 56.0 Å². The predicted molar refractivity (Wildman–Crippen MR) is 105 cm³/mol. The van der Waals surface area contributed by atoms with Crippen LogP contribution in [-0.2, 0) is 4.79 Å². The molecule has 1 aliphatic carbocycles. The zero-order valence-electron chi connectivity index (χ0n) is 16.6. The molecule has 1 aromatic carbocycles. The number of nitrogens with one attached hydrogen (secondary N) is 2. The molecule has 31 heavy (non-hydrogen) atoms. The van der Waals surface area contributed by atoms with Gasteiger partial charge in [0.15, 0.2) is 0 Å². The van der Waals surface area contributed by atoms with Gasteiger partial charge in [-0.3, -0.25) is 10.1 Å². The molecular weight excluding hydrogens is 437 g/mol. The van der Waals surface area contributed by atoms with Gasteiger partial charge in [0.25, 0.3) is 0 Å². The van der Waals surface area contributed by atoms with Crippen molar-refractivity contribution in [3.05, 3.63) is 24.3 Å². The number of thioether (sulfide) groups is 1. The number of urea groups is 1. The maximum atomic E-state index is 12.4. The summed E-state index contributed by atoms with van der Waals surface area (Å²) in [6, 6.07) is 4.49. The average molecular weight is 458 g/mol. The number of amides is 3. The Labute approximate surface area is 180 Å². The first-order valence-electron chi connectivity index (χ1n) is 9.64. The van der Waals surface area contributed by atoms with Crippen molar-refractivity contribution in [2.24, 2.45) is 0 Å². The Hall–Kier alpha value is -2.83. The lowest BCUT2D eigenvalue weighted by Crippen LogP contribution is -2.47. The van der Waals surface area contributed by atoms with Crippen molar-refractivity contribution in [3.63, 3.8) is 0 Å². The third-order valence-corrected chi connectivity index (χ3v) is 5.62. The predicted octanol–water partition coefficient (Wildman–Crippen LogP) is 3.20. The Kier molecular flexibility index (Phi) is 7.36. The highest BCUT2D eigenvalue weighted by atomic mass is 32.2. The van der Waals surface area contributed by atoms with E-state index < -0.39 is 23.6 Å². The zero-order chi connectivity index (χ0) is 22.4. The summed E-state index contributed by atoms with van der Waals surface area (Å²) >= 11 is 1.01. The van der Waals surface area contributed by atoms with Gasteiger partial charge < -0.3 is 10.1 Å². The summed E-state index contributed by atoms with van der Waals surface area (Å²) in [6.45, 7) is 1.59. The van der Waals surface area contributed by atoms with E-state index in [2.05, 4.69) is 30.9 Å². The van der Waals surface area contributed by atoms with Crippen LogP contribution in [0.4, 0.5) is 18.0 Å². The molecule has 1 fully saturated rings. The third kappa shape index (κ3) is 6.84. The number of imide groups is 1. The van der Waals surface area contributed by atoms with Crippen molar-refractivity contribution in [2.75, 3.05) is 0 Å². The van der Waals surface area contributed by atoms with E-state index in [0.29, 0.717) is 5.69 Å². The van der Waals surface area contributed by atoms with Gasteiger partial charge in [-0.25, -0.2) is 4.79 Å². The fourth-order valence-electron chi connectivity index (χ4n) is 3.10. The Bertz CT molecular complexity index is 900. The van der Waals surface area contributed by atoms with Gasteiger partial charge in [0.05, 0.1) is 10.9 Å². The maximum Gasteiger partial charge on any atom is 0.573 e. The van der Waals surface area contributed by atoms with Crippen LogP contribution in [0.2, 0.25) is 0 Å². The van der Waals surface area contributed by atoms with Crippen molar-refractivity contribution in [3.8, 4) is 11.4 Å². The lowest BCUT2D eigenvalue weighted by molar-refractivity contribution is -0.274. The lowest BCUT2D eigenvalue weighted by atomic mass is 9.96. The lowest BCUT2D eigenvalue weighted by Gasteiger charge is -2.23. The highest BCUT2D eigenvalue weighted by Crippen LogP contribution is 2.26. The quantitative estimate of drug-likeness (QED) is 0.640. The first-order valence-corrected chi connectivity index (χ1v) is 10.5. The Morgan fingerprint density at radius 2 is 1.87 bits per heavy atom. The van der Waals surface area contributed by atoms with Crippen LogP contribution in [0.15, 0.2) is 29.4 Å². The number of tetrazole rings is 1. The number of benzene rings is 1. The molecule has 0 aliphatic heterocycles. The van der Waals surface area contributed by atoms with Gasteiger partial charge >= 0.3 is 12.4 Å². The number of alkyl halides is 3. The Morgan fingerprint density at radius 3 is 2.52 bits per heavy atom. The molecule has 2 aromatic rings. The highest BCUT2D eigenvalue weighted by molar-refractivity contribution is 8.00. The molecule has 0 saturated heterocycles. The second-order valence-electron chi connectivity index (χ2n) is 6.97. The standard InChI is InChI=1S/C18H21F3N6O3S/c1-11(15(28)23-16(29)22-12-5-3-2-4-6-12)31-17-24-25-26-27(17)13-7-9-14(10-8-13)30-18(19,20)21/h7-12H,2-6H2,1H3,(H2,22,23,28,29)/t11-/m1/s1. The van der Waals surface area contributed by atoms with Gasteiger partial charge in [-0.2, -0.15) is 4.68 Å². The van der Waals surface area contributed by atoms with Crippen LogP contribution >= 0.6 is 11.8 Å². The van der Waals surface area contributed by atoms with Crippen LogP contribution in [0.1, 0.15) is 39.0 Å². The molecular formula is C18H21F3N6O3S. The van der Waals surface area contributed by atoms with Crippen LogP contribution in [0, 0.1) is 0 Å². The summed E-state index contributed by atoms with van der Waals surface area (Å²) in [6.07, 6.45) is 0.262. The summed E-state index contributed by atoms with van der Waals surface area (Å²) in [5.74, 6) is -0.892. The molecule has 3 rings (SSSR count). The SMILES string of the molecule is C[C@@H](Sc1nnnn1-c1ccc(OC(F)(F)F)cc1)C(=O)NC(=O)NC1CCCCC1. The average Bonchev–Trinajstić information content (AvgIpc) is 3.16. The number of hydrogen-bond acceptors (Lipinski definition) is 7. The number of carbonyl (C=O) groups is 2. The molecule has 1 saturated carbocycles. The molecule has 1 atom stereocenters. The molecule has 0 spiro atoms. The molecule has 0 bridgehead atoms. The minimum absolute atomic E-state index is 0.0705. The first-order chi connectivity index (χ1) is 14.7. The fraction of sp³-hybridized carbons (Fsp3) is 0.500. The molecule has 1 heterocycles. The summed E-state index contributed by atoms with van der Waals surface area (Å²) in [5.41, 5.74) is 0.379. The highest BCUT2D eigenvalue weighted by Gasteiger charge is 2.31. The van der Waals surface area contributed by atoms with E-state index >= 15 is 0 Å². The van der Waals surface area contributed by atoms with Crippen molar-refractivity contribution in [1.29, 1.82) is 0 Å². The Balaban J connectivity index is 1.57. The van der Waals surface area contributed by atoms with Crippen LogP contribution < -0.4 is 15.4 Å². The number of ether oxygens (including phenoxy) is 1. The summed E-state index contributed by atoms with van der Waals surface area (Å²) in [7, 11) is 0. The smallest absolute Gasteiger partial charge is 0.406 e.